The van der Waals surface area contributed by atoms with Crippen LogP contribution < -0.4 is 5.32 Å². The number of nitrogens with one attached hydrogen (secondary N) is 1. The maximum Gasteiger partial charge on any atom is 0.407 e. The van der Waals surface area contributed by atoms with E-state index in [1.807, 2.05) is 0 Å². The molecule has 12 heteroatoms. The number of nitrogens with zero attached hydrogens (tertiary/aromatic N) is 1. The van der Waals surface area contributed by atoms with Crippen LogP contribution in [0.1, 0.15) is 240 Å². The average Bonchev–Trinajstić information content (AvgIpc) is 3.28. The number of carbonyl (C=O) groups is 5. The molecule has 376 valence electrons. The van der Waals surface area contributed by atoms with E-state index in [0.29, 0.717) is 39.0 Å². The van der Waals surface area contributed by atoms with Crippen LogP contribution in [0.15, 0.2) is 0 Å². The van der Waals surface area contributed by atoms with Gasteiger partial charge in [0, 0.05) is 38.8 Å². The first-order valence-electron chi connectivity index (χ1n) is 26.5. The zero-order chi connectivity index (χ0) is 47.1. The number of unbranched alkanes of at least 4 members (excludes halogenated alkanes) is 21. The number of ether oxygens (including phenoxy) is 5. The Kier molecular flexibility index (Phi) is 44.5. The summed E-state index contributed by atoms with van der Waals surface area (Å²) in [5.74, 6) is -1.79. The molecule has 1 atom stereocenters. The average molecular weight is 911 g/mol. The minimum absolute atomic E-state index is 0.0499. The van der Waals surface area contributed by atoms with Gasteiger partial charge in [-0.15, -0.1) is 0 Å². The molecule has 0 aliphatic heterocycles. The molecule has 0 fully saturated rings. The molecule has 0 aliphatic carbocycles. The Morgan fingerprint density at radius 3 is 1.30 bits per heavy atom. The molecular weight excluding hydrogens is 813 g/mol. The van der Waals surface area contributed by atoms with Crippen molar-refractivity contribution >= 4 is 30.0 Å². The van der Waals surface area contributed by atoms with E-state index in [1.165, 1.54) is 89.9 Å². The lowest BCUT2D eigenvalue weighted by atomic mass is 10.0. The molecule has 0 bridgehead atoms. The fourth-order valence-electron chi connectivity index (χ4n) is 7.56. The number of hydrogen-bond donors (Lipinski definition) is 1. The van der Waals surface area contributed by atoms with Gasteiger partial charge >= 0.3 is 30.0 Å². The number of esters is 4. The lowest BCUT2D eigenvalue weighted by Crippen LogP contribution is -2.36. The van der Waals surface area contributed by atoms with Crippen molar-refractivity contribution in [2.24, 2.45) is 5.92 Å². The molecule has 0 rings (SSSR count). The first-order valence-corrected chi connectivity index (χ1v) is 26.5. The van der Waals surface area contributed by atoms with Crippen LogP contribution in [0, 0.1) is 5.92 Å². The molecule has 1 amide bonds. The molecule has 0 heterocycles. The van der Waals surface area contributed by atoms with Crippen molar-refractivity contribution in [1.82, 2.24) is 10.2 Å². The van der Waals surface area contributed by atoms with Gasteiger partial charge in [0.25, 0.3) is 0 Å². The number of hydrogen-bond acceptors (Lipinski definition) is 11. The first kappa shape index (κ1) is 61.1. The molecule has 0 aromatic heterocycles. The summed E-state index contributed by atoms with van der Waals surface area (Å²) in [6, 6.07) is 0. The minimum atomic E-state index is -0.587. The van der Waals surface area contributed by atoms with E-state index in [2.05, 4.69) is 44.8 Å². The lowest BCUT2D eigenvalue weighted by Gasteiger charge is -2.19. The van der Waals surface area contributed by atoms with Crippen LogP contribution >= 0.6 is 0 Å². The second-order valence-electron chi connectivity index (χ2n) is 17.8. The Balaban J connectivity index is 4.70. The van der Waals surface area contributed by atoms with Gasteiger partial charge in [-0.3, -0.25) is 19.2 Å². The predicted octanol–water partition coefficient (Wildman–Crippen LogP) is 12.8. The number of likely N-dealkylation sites (N-methyl/N-ethyl adjacent to an activating group) is 1. The Bertz CT molecular complexity index is 1100. The molecule has 0 aromatic carbocycles. The van der Waals surface area contributed by atoms with Crippen molar-refractivity contribution in [2.45, 2.75) is 246 Å². The highest BCUT2D eigenvalue weighted by Gasteiger charge is 2.19. The fourth-order valence-corrected chi connectivity index (χ4v) is 7.56. The van der Waals surface area contributed by atoms with Crippen LogP contribution in [0.4, 0.5) is 4.79 Å². The minimum Gasteiger partial charge on any atom is -0.466 e. The Hall–Kier alpha value is -2.89. The zero-order valence-corrected chi connectivity index (χ0v) is 42.0. The number of carbonyl (C=O) groups excluding carboxylic acids is 5. The summed E-state index contributed by atoms with van der Waals surface area (Å²) in [4.78, 5) is 64.9. The van der Waals surface area contributed by atoms with Crippen molar-refractivity contribution in [3.05, 3.63) is 0 Å². The second-order valence-corrected chi connectivity index (χ2v) is 17.8. The van der Waals surface area contributed by atoms with E-state index in [0.717, 1.165) is 90.1 Å². The molecule has 0 aliphatic rings. The van der Waals surface area contributed by atoms with E-state index in [-0.39, 0.29) is 63.1 Å². The van der Waals surface area contributed by atoms with Crippen LogP contribution in [0.5, 0.6) is 0 Å². The third-order valence-corrected chi connectivity index (χ3v) is 11.8. The normalized spacial score (nSPS) is 11.7. The van der Waals surface area contributed by atoms with Crippen LogP contribution in [0.25, 0.3) is 0 Å². The monoisotopic (exact) mass is 911 g/mol. The SMILES string of the molecule is CCCCCCCCCCOC(=O)CCCCCCCC(=O)OCC(COC(=O)CCCC(=O)OC(CCCCCCCC)CCCCCCCC)COC(=O)NCCN(CC)CC. The van der Waals surface area contributed by atoms with Crippen LogP contribution in [-0.2, 0) is 42.9 Å². The topological polar surface area (TPSA) is 147 Å². The highest BCUT2D eigenvalue weighted by Crippen LogP contribution is 2.18. The number of amides is 1. The van der Waals surface area contributed by atoms with Gasteiger partial charge in [0.1, 0.15) is 25.9 Å². The Morgan fingerprint density at radius 1 is 0.422 bits per heavy atom. The molecular formula is C52H98N2O10. The molecule has 0 spiro atoms. The van der Waals surface area contributed by atoms with Crippen LogP contribution in [0.2, 0.25) is 0 Å². The quantitative estimate of drug-likeness (QED) is 0.0353. The van der Waals surface area contributed by atoms with E-state index in [1.54, 1.807) is 0 Å². The van der Waals surface area contributed by atoms with Crippen molar-refractivity contribution in [2.75, 3.05) is 52.6 Å². The summed E-state index contributed by atoms with van der Waals surface area (Å²) in [7, 11) is 0. The molecule has 1 N–H and O–H groups in total. The van der Waals surface area contributed by atoms with E-state index < -0.39 is 18.0 Å². The summed E-state index contributed by atoms with van der Waals surface area (Å²) in [6.07, 6.45) is 30.4. The third-order valence-electron chi connectivity index (χ3n) is 11.8. The van der Waals surface area contributed by atoms with Gasteiger partial charge in [-0.2, -0.15) is 0 Å². The Labute approximate surface area is 391 Å². The highest BCUT2D eigenvalue weighted by atomic mass is 16.6. The molecule has 0 radical (unpaired) electrons. The Morgan fingerprint density at radius 2 is 0.812 bits per heavy atom. The predicted molar refractivity (Wildman–Crippen MR) is 258 cm³/mol. The largest absolute Gasteiger partial charge is 0.466 e. The summed E-state index contributed by atoms with van der Waals surface area (Å²) < 4.78 is 27.8. The summed E-state index contributed by atoms with van der Waals surface area (Å²) >= 11 is 0. The smallest absolute Gasteiger partial charge is 0.407 e. The lowest BCUT2D eigenvalue weighted by molar-refractivity contribution is -0.151. The number of rotatable bonds is 47. The maximum atomic E-state index is 12.8. The van der Waals surface area contributed by atoms with Crippen molar-refractivity contribution in [1.29, 1.82) is 0 Å². The molecule has 1 unspecified atom stereocenters. The standard InChI is InChI=1S/C52H98N2O10/c1-6-11-14-17-20-21-27-32-42-60-48(55)36-30-25-22-26-31-37-49(56)61-43-46(45-63-52(59)53-40-41-54(9-4)10-5)44-62-50(57)38-33-39-51(58)64-47(34-28-23-18-15-12-7-2)35-29-24-19-16-13-8-3/h46-47H,6-45H2,1-5H3,(H,53,59). The molecule has 12 nitrogen and oxygen atoms in total. The summed E-state index contributed by atoms with van der Waals surface area (Å²) in [6.45, 7) is 13.9. The van der Waals surface area contributed by atoms with Gasteiger partial charge in [0.15, 0.2) is 0 Å². The molecule has 64 heavy (non-hydrogen) atoms. The molecule has 0 saturated heterocycles. The highest BCUT2D eigenvalue weighted by molar-refractivity contribution is 5.72. The van der Waals surface area contributed by atoms with Crippen molar-refractivity contribution < 1.29 is 47.7 Å². The fraction of sp³-hybridized carbons (Fsp3) is 0.904. The van der Waals surface area contributed by atoms with E-state index >= 15 is 0 Å². The van der Waals surface area contributed by atoms with Crippen molar-refractivity contribution in [3.8, 4) is 0 Å². The first-order chi connectivity index (χ1) is 31.2. The third kappa shape index (κ3) is 41.8. The van der Waals surface area contributed by atoms with Gasteiger partial charge < -0.3 is 33.9 Å². The van der Waals surface area contributed by atoms with Gasteiger partial charge in [-0.05, 0) is 64.5 Å². The van der Waals surface area contributed by atoms with Crippen molar-refractivity contribution in [3.63, 3.8) is 0 Å². The number of alkyl carbamates (subject to hydrolysis) is 1. The van der Waals surface area contributed by atoms with Crippen LogP contribution in [-0.4, -0.2) is 93.6 Å². The molecule has 0 saturated carbocycles. The van der Waals surface area contributed by atoms with Crippen LogP contribution in [0.3, 0.4) is 0 Å². The zero-order valence-electron chi connectivity index (χ0n) is 42.0. The van der Waals surface area contributed by atoms with Gasteiger partial charge in [0.05, 0.1) is 12.5 Å². The van der Waals surface area contributed by atoms with Gasteiger partial charge in [0.2, 0.25) is 0 Å². The van der Waals surface area contributed by atoms with Gasteiger partial charge in [-0.25, -0.2) is 4.79 Å². The maximum absolute atomic E-state index is 12.8. The van der Waals surface area contributed by atoms with E-state index in [9.17, 15) is 24.0 Å². The van der Waals surface area contributed by atoms with Gasteiger partial charge in [-0.1, -0.05) is 163 Å². The summed E-state index contributed by atoms with van der Waals surface area (Å²) in [5.41, 5.74) is 0. The second kappa shape index (κ2) is 46.6. The van der Waals surface area contributed by atoms with E-state index in [4.69, 9.17) is 23.7 Å². The summed E-state index contributed by atoms with van der Waals surface area (Å²) in [5, 5.41) is 2.75. The molecule has 0 aromatic rings.